The number of alkyl halides is 3. The van der Waals surface area contributed by atoms with Crippen molar-refractivity contribution in [2.45, 2.75) is 6.18 Å². The zero-order chi connectivity index (χ0) is 12.3. The second-order valence-electron chi connectivity index (χ2n) is 2.85. The van der Waals surface area contributed by atoms with Crippen LogP contribution < -0.4 is 5.32 Å². The predicted octanol–water partition coefficient (Wildman–Crippen LogP) is 3.48. The molecule has 0 saturated heterocycles. The number of carbonyl (C=O) groups excluding carboxylic acids is 1. The number of hydrogen-bond acceptors (Lipinski definition) is 1. The molecular weight excluding hydrogens is 243 g/mol. The minimum absolute atomic E-state index is 0.176. The summed E-state index contributed by atoms with van der Waals surface area (Å²) in [5.74, 6) is -0.751. The highest BCUT2D eigenvalue weighted by Gasteiger charge is 2.34. The van der Waals surface area contributed by atoms with E-state index in [1.165, 1.54) is 6.07 Å². The van der Waals surface area contributed by atoms with Crippen LogP contribution in [0, 0.1) is 0 Å². The van der Waals surface area contributed by atoms with Gasteiger partial charge in [-0.15, -0.1) is 0 Å². The molecule has 86 valence electrons. The topological polar surface area (TPSA) is 29.1 Å². The maximum Gasteiger partial charge on any atom is 0.418 e. The molecule has 0 aromatic heterocycles. The van der Waals surface area contributed by atoms with Crippen LogP contribution in [0.4, 0.5) is 18.9 Å². The predicted molar refractivity (Wildman–Crippen MR) is 55.3 cm³/mol. The summed E-state index contributed by atoms with van der Waals surface area (Å²) in [6.07, 6.45) is -3.71. The summed E-state index contributed by atoms with van der Waals surface area (Å²) in [7, 11) is 0. The fourth-order valence-corrected chi connectivity index (χ4v) is 1.28. The molecule has 0 aliphatic heterocycles. The van der Waals surface area contributed by atoms with Crippen molar-refractivity contribution in [1.29, 1.82) is 0 Å². The van der Waals surface area contributed by atoms with Crippen molar-refractivity contribution in [2.24, 2.45) is 0 Å². The van der Waals surface area contributed by atoms with Gasteiger partial charge in [-0.05, 0) is 18.2 Å². The molecule has 16 heavy (non-hydrogen) atoms. The molecule has 1 rings (SSSR count). The highest BCUT2D eigenvalue weighted by molar-refractivity contribution is 6.34. The second-order valence-corrected chi connectivity index (χ2v) is 3.26. The van der Waals surface area contributed by atoms with Crippen LogP contribution >= 0.6 is 11.6 Å². The van der Waals surface area contributed by atoms with E-state index in [9.17, 15) is 18.0 Å². The average molecular weight is 250 g/mol. The third kappa shape index (κ3) is 2.76. The number of halogens is 4. The summed E-state index contributed by atoms with van der Waals surface area (Å²) in [5.41, 5.74) is -1.45. The van der Waals surface area contributed by atoms with Gasteiger partial charge in [-0.1, -0.05) is 24.2 Å². The minimum atomic E-state index is -4.57. The standard InChI is InChI=1S/C10H7ClF3NO/c1-2-8(16)15-9-6(10(12,13)14)4-3-5-7(9)11/h2-5H,1H2,(H,15,16). The Morgan fingerprint density at radius 3 is 2.56 bits per heavy atom. The molecule has 0 radical (unpaired) electrons. The quantitative estimate of drug-likeness (QED) is 0.799. The molecule has 1 N–H and O–H groups in total. The van der Waals surface area contributed by atoms with Crippen LogP contribution in [-0.4, -0.2) is 5.91 Å². The van der Waals surface area contributed by atoms with E-state index in [2.05, 4.69) is 6.58 Å². The van der Waals surface area contributed by atoms with E-state index >= 15 is 0 Å². The van der Waals surface area contributed by atoms with Crippen molar-refractivity contribution in [2.75, 3.05) is 5.32 Å². The summed E-state index contributed by atoms with van der Waals surface area (Å²) in [5, 5.41) is 1.85. The fraction of sp³-hybridized carbons (Fsp3) is 0.100. The second kappa shape index (κ2) is 4.57. The lowest BCUT2D eigenvalue weighted by atomic mass is 10.1. The Hall–Kier alpha value is -1.49. The van der Waals surface area contributed by atoms with Crippen molar-refractivity contribution in [3.05, 3.63) is 41.4 Å². The molecule has 0 aliphatic carbocycles. The van der Waals surface area contributed by atoms with Crippen molar-refractivity contribution in [1.82, 2.24) is 0 Å². The van der Waals surface area contributed by atoms with Crippen molar-refractivity contribution in [3.8, 4) is 0 Å². The first-order valence-corrected chi connectivity index (χ1v) is 4.53. The van der Waals surface area contributed by atoms with Crippen LogP contribution in [0.2, 0.25) is 5.02 Å². The lowest BCUT2D eigenvalue weighted by Gasteiger charge is -2.14. The van der Waals surface area contributed by atoms with Crippen LogP contribution in [0.15, 0.2) is 30.9 Å². The summed E-state index contributed by atoms with van der Waals surface area (Å²) in [6.45, 7) is 3.14. The fourth-order valence-electron chi connectivity index (χ4n) is 1.06. The summed E-state index contributed by atoms with van der Waals surface area (Å²) in [6, 6.07) is 3.26. The van der Waals surface area contributed by atoms with Gasteiger partial charge in [0.15, 0.2) is 0 Å². The van der Waals surface area contributed by atoms with Crippen LogP contribution in [0.1, 0.15) is 5.56 Å². The summed E-state index contributed by atoms with van der Waals surface area (Å²) in [4.78, 5) is 11.0. The van der Waals surface area contributed by atoms with E-state index in [0.717, 1.165) is 18.2 Å². The SMILES string of the molecule is C=CC(=O)Nc1c(Cl)cccc1C(F)(F)F. The molecule has 0 aliphatic rings. The van der Waals surface area contributed by atoms with Gasteiger partial charge in [0.25, 0.3) is 0 Å². The monoisotopic (exact) mass is 249 g/mol. The first-order chi connectivity index (χ1) is 7.36. The zero-order valence-corrected chi connectivity index (χ0v) is 8.69. The van der Waals surface area contributed by atoms with Crippen LogP contribution in [0.25, 0.3) is 0 Å². The van der Waals surface area contributed by atoms with Gasteiger partial charge in [-0.3, -0.25) is 4.79 Å². The average Bonchev–Trinajstić information content (AvgIpc) is 2.19. The Balaban J connectivity index is 3.24. The van der Waals surface area contributed by atoms with E-state index in [1.54, 1.807) is 0 Å². The van der Waals surface area contributed by atoms with Gasteiger partial charge in [0.2, 0.25) is 5.91 Å². The molecule has 2 nitrogen and oxygen atoms in total. The number of benzene rings is 1. The number of nitrogens with one attached hydrogen (secondary N) is 1. The number of anilines is 1. The van der Waals surface area contributed by atoms with E-state index < -0.39 is 23.3 Å². The number of carbonyl (C=O) groups is 1. The Labute approximate surface area is 94.7 Å². The molecule has 0 fully saturated rings. The lowest BCUT2D eigenvalue weighted by Crippen LogP contribution is -2.14. The molecule has 0 bridgehead atoms. The van der Waals surface area contributed by atoms with Gasteiger partial charge < -0.3 is 5.32 Å². The Morgan fingerprint density at radius 2 is 2.06 bits per heavy atom. The van der Waals surface area contributed by atoms with E-state index in [4.69, 9.17) is 11.6 Å². The maximum atomic E-state index is 12.5. The molecule has 6 heteroatoms. The molecular formula is C10H7ClF3NO. The molecule has 0 unspecified atom stereocenters. The molecule has 0 saturated carbocycles. The number of hydrogen-bond donors (Lipinski definition) is 1. The summed E-state index contributed by atoms with van der Waals surface area (Å²) < 4.78 is 37.6. The lowest BCUT2D eigenvalue weighted by molar-refractivity contribution is -0.136. The number of amides is 1. The van der Waals surface area contributed by atoms with Crippen molar-refractivity contribution < 1.29 is 18.0 Å². The molecule has 0 heterocycles. The van der Waals surface area contributed by atoms with Gasteiger partial charge in [0.05, 0.1) is 16.3 Å². The van der Waals surface area contributed by atoms with Crippen molar-refractivity contribution >= 4 is 23.2 Å². The Morgan fingerprint density at radius 1 is 1.44 bits per heavy atom. The molecule has 0 atom stereocenters. The maximum absolute atomic E-state index is 12.5. The smallest absolute Gasteiger partial charge is 0.321 e. The van der Waals surface area contributed by atoms with Gasteiger partial charge in [-0.2, -0.15) is 13.2 Å². The van der Waals surface area contributed by atoms with E-state index in [1.807, 2.05) is 5.32 Å². The van der Waals surface area contributed by atoms with E-state index in [0.29, 0.717) is 0 Å². The molecule has 1 aromatic rings. The Bertz CT molecular complexity index is 429. The molecule has 1 amide bonds. The molecule has 1 aromatic carbocycles. The third-order valence-corrected chi connectivity index (χ3v) is 2.07. The van der Waals surface area contributed by atoms with Gasteiger partial charge in [0, 0.05) is 0 Å². The van der Waals surface area contributed by atoms with Crippen LogP contribution in [0.5, 0.6) is 0 Å². The van der Waals surface area contributed by atoms with Crippen molar-refractivity contribution in [3.63, 3.8) is 0 Å². The Kier molecular flexibility index (Phi) is 3.59. The number of rotatable bonds is 2. The van der Waals surface area contributed by atoms with E-state index in [-0.39, 0.29) is 5.02 Å². The molecule has 0 spiro atoms. The van der Waals surface area contributed by atoms with Gasteiger partial charge in [0.1, 0.15) is 0 Å². The van der Waals surface area contributed by atoms with Crippen LogP contribution in [0.3, 0.4) is 0 Å². The first kappa shape index (κ1) is 12.6. The minimum Gasteiger partial charge on any atom is -0.321 e. The van der Waals surface area contributed by atoms with Gasteiger partial charge in [-0.25, -0.2) is 0 Å². The van der Waals surface area contributed by atoms with Gasteiger partial charge >= 0.3 is 6.18 Å². The zero-order valence-electron chi connectivity index (χ0n) is 7.94. The number of para-hydroxylation sites is 1. The summed E-state index contributed by atoms with van der Waals surface area (Å²) >= 11 is 5.59. The van der Waals surface area contributed by atoms with Crippen LogP contribution in [-0.2, 0) is 11.0 Å². The highest BCUT2D eigenvalue weighted by atomic mass is 35.5. The highest BCUT2D eigenvalue weighted by Crippen LogP contribution is 2.38. The first-order valence-electron chi connectivity index (χ1n) is 4.15. The normalized spacial score (nSPS) is 11.0. The largest absolute Gasteiger partial charge is 0.418 e. The third-order valence-electron chi connectivity index (χ3n) is 1.75.